The third-order valence-corrected chi connectivity index (χ3v) is 4.10. The predicted molar refractivity (Wildman–Crippen MR) is 107 cm³/mol. The lowest BCUT2D eigenvalue weighted by Gasteiger charge is -2.06. The summed E-state index contributed by atoms with van der Waals surface area (Å²) < 4.78 is 0. The van der Waals surface area contributed by atoms with Gasteiger partial charge in [0.05, 0.1) is 12.2 Å². The van der Waals surface area contributed by atoms with Gasteiger partial charge in [0, 0.05) is 5.56 Å². The van der Waals surface area contributed by atoms with Crippen LogP contribution in [0.3, 0.4) is 0 Å². The SMILES string of the molecule is O=C(O)c1ccc(C#CC=Cc2ccccc2-c2ccc(CO)cc2)cc1. The second-order valence-electron chi connectivity index (χ2n) is 5.93. The minimum atomic E-state index is -0.946. The van der Waals surface area contributed by atoms with Crippen LogP contribution >= 0.6 is 0 Å². The van der Waals surface area contributed by atoms with Crippen LogP contribution in [0.5, 0.6) is 0 Å². The van der Waals surface area contributed by atoms with Crippen molar-refractivity contribution in [3.8, 4) is 23.0 Å². The molecule has 132 valence electrons. The zero-order valence-electron chi connectivity index (χ0n) is 14.6. The Bertz CT molecular complexity index is 1020. The molecule has 0 radical (unpaired) electrons. The molecule has 0 saturated heterocycles. The highest BCUT2D eigenvalue weighted by molar-refractivity contribution is 5.87. The molecular formula is C24H18O3. The van der Waals surface area contributed by atoms with E-state index < -0.39 is 5.97 Å². The largest absolute Gasteiger partial charge is 0.478 e. The van der Waals surface area contributed by atoms with Crippen LogP contribution in [0.1, 0.15) is 27.0 Å². The van der Waals surface area contributed by atoms with E-state index in [0.717, 1.165) is 27.8 Å². The maximum absolute atomic E-state index is 10.9. The molecule has 0 bridgehead atoms. The zero-order chi connectivity index (χ0) is 19.1. The van der Waals surface area contributed by atoms with Crippen LogP contribution in [-0.4, -0.2) is 16.2 Å². The number of carboxylic acid groups (broad SMARTS) is 1. The number of hydrogen-bond acceptors (Lipinski definition) is 2. The van der Waals surface area contributed by atoms with Gasteiger partial charge in [-0.3, -0.25) is 0 Å². The predicted octanol–water partition coefficient (Wildman–Crippen LogP) is 4.61. The summed E-state index contributed by atoms with van der Waals surface area (Å²) >= 11 is 0. The van der Waals surface area contributed by atoms with Crippen molar-refractivity contribution < 1.29 is 15.0 Å². The van der Waals surface area contributed by atoms with Gasteiger partial charge >= 0.3 is 5.97 Å². The summed E-state index contributed by atoms with van der Waals surface area (Å²) in [5.41, 5.74) is 5.10. The number of aromatic carboxylic acids is 1. The number of carboxylic acids is 1. The molecule has 3 rings (SSSR count). The highest BCUT2D eigenvalue weighted by atomic mass is 16.4. The molecule has 0 aliphatic carbocycles. The number of aliphatic hydroxyl groups excluding tert-OH is 1. The van der Waals surface area contributed by atoms with Crippen LogP contribution in [0.15, 0.2) is 78.9 Å². The first kappa shape index (κ1) is 18.2. The van der Waals surface area contributed by atoms with Crippen LogP contribution in [-0.2, 0) is 6.61 Å². The summed E-state index contributed by atoms with van der Waals surface area (Å²) in [5.74, 6) is 5.04. The van der Waals surface area contributed by atoms with E-state index in [0.29, 0.717) is 0 Å². The van der Waals surface area contributed by atoms with E-state index in [4.69, 9.17) is 5.11 Å². The zero-order valence-corrected chi connectivity index (χ0v) is 14.6. The van der Waals surface area contributed by atoms with Gasteiger partial charge in [-0.1, -0.05) is 60.4 Å². The van der Waals surface area contributed by atoms with Gasteiger partial charge in [-0.15, -0.1) is 0 Å². The Morgan fingerprint density at radius 2 is 1.63 bits per heavy atom. The van der Waals surface area contributed by atoms with E-state index in [9.17, 15) is 9.90 Å². The molecule has 3 aromatic rings. The van der Waals surface area contributed by atoms with Gasteiger partial charge in [0.15, 0.2) is 0 Å². The molecule has 0 aliphatic rings. The topological polar surface area (TPSA) is 57.5 Å². The lowest BCUT2D eigenvalue weighted by molar-refractivity contribution is 0.0697. The summed E-state index contributed by atoms with van der Waals surface area (Å²) in [6.07, 6.45) is 3.74. The molecule has 3 heteroatoms. The molecule has 0 heterocycles. The van der Waals surface area contributed by atoms with E-state index in [1.54, 1.807) is 30.3 Å². The minimum Gasteiger partial charge on any atom is -0.478 e. The maximum Gasteiger partial charge on any atom is 0.335 e. The van der Waals surface area contributed by atoms with Crippen molar-refractivity contribution in [3.63, 3.8) is 0 Å². The fraction of sp³-hybridized carbons (Fsp3) is 0.0417. The molecule has 27 heavy (non-hydrogen) atoms. The fourth-order valence-corrected chi connectivity index (χ4v) is 2.65. The first-order chi connectivity index (χ1) is 13.2. The van der Waals surface area contributed by atoms with Crippen molar-refractivity contribution in [2.45, 2.75) is 6.61 Å². The van der Waals surface area contributed by atoms with E-state index in [2.05, 4.69) is 11.8 Å². The second-order valence-corrected chi connectivity index (χ2v) is 5.93. The van der Waals surface area contributed by atoms with Crippen LogP contribution in [0.25, 0.3) is 17.2 Å². The first-order valence-electron chi connectivity index (χ1n) is 8.48. The monoisotopic (exact) mass is 354 g/mol. The summed E-state index contributed by atoms with van der Waals surface area (Å²) in [4.78, 5) is 10.9. The van der Waals surface area contributed by atoms with E-state index in [1.165, 1.54) is 0 Å². The van der Waals surface area contributed by atoms with Gasteiger partial charge in [0.2, 0.25) is 0 Å². The smallest absolute Gasteiger partial charge is 0.335 e. The molecule has 2 N–H and O–H groups in total. The summed E-state index contributed by atoms with van der Waals surface area (Å²) in [7, 11) is 0. The number of benzene rings is 3. The van der Waals surface area contributed by atoms with E-state index >= 15 is 0 Å². The Balaban J connectivity index is 1.79. The molecule has 0 atom stereocenters. The lowest BCUT2D eigenvalue weighted by atomic mass is 9.98. The van der Waals surface area contributed by atoms with Crippen molar-refractivity contribution >= 4 is 12.0 Å². The van der Waals surface area contributed by atoms with Gasteiger partial charge in [-0.25, -0.2) is 4.79 Å². The van der Waals surface area contributed by atoms with Gasteiger partial charge in [-0.2, -0.15) is 0 Å². The molecule has 0 spiro atoms. The van der Waals surface area contributed by atoms with E-state index in [-0.39, 0.29) is 12.2 Å². The number of hydrogen-bond donors (Lipinski definition) is 2. The number of aliphatic hydroxyl groups is 1. The normalized spacial score (nSPS) is 10.4. The lowest BCUT2D eigenvalue weighted by Crippen LogP contribution is -1.94. The molecule has 3 aromatic carbocycles. The van der Waals surface area contributed by atoms with Crippen molar-refractivity contribution in [1.29, 1.82) is 0 Å². The van der Waals surface area contributed by atoms with Crippen LogP contribution in [0.4, 0.5) is 0 Å². The van der Waals surface area contributed by atoms with Crippen molar-refractivity contribution in [2.75, 3.05) is 0 Å². The first-order valence-corrected chi connectivity index (χ1v) is 8.48. The Kier molecular flexibility index (Phi) is 5.84. The summed E-state index contributed by atoms with van der Waals surface area (Å²) in [6.45, 7) is 0.0326. The van der Waals surface area contributed by atoms with Crippen LogP contribution in [0, 0.1) is 11.8 Å². The molecule has 3 nitrogen and oxygen atoms in total. The molecule has 0 unspecified atom stereocenters. The second kappa shape index (κ2) is 8.66. The molecule has 0 aromatic heterocycles. The molecule has 0 fully saturated rings. The minimum absolute atomic E-state index is 0.0326. The molecule has 0 aliphatic heterocycles. The Labute approximate surface area is 158 Å². The average molecular weight is 354 g/mol. The summed E-state index contributed by atoms with van der Waals surface area (Å²) in [5, 5.41) is 18.1. The standard InChI is InChI=1S/C24H18O3/c25-17-19-11-13-21(14-12-19)23-8-4-3-7-20(23)6-2-1-5-18-9-15-22(16-10-18)24(26)27/h2-4,6-16,25H,17H2,(H,26,27). The Hall–Kier alpha value is -3.61. The van der Waals surface area contributed by atoms with Crippen LogP contribution < -0.4 is 0 Å². The Morgan fingerprint density at radius 1 is 0.926 bits per heavy atom. The van der Waals surface area contributed by atoms with Crippen LogP contribution in [0.2, 0.25) is 0 Å². The molecule has 0 saturated carbocycles. The van der Waals surface area contributed by atoms with Gasteiger partial charge in [-0.05, 0) is 58.7 Å². The maximum atomic E-state index is 10.9. The summed E-state index contributed by atoms with van der Waals surface area (Å²) in [6, 6.07) is 22.3. The highest BCUT2D eigenvalue weighted by Crippen LogP contribution is 2.25. The number of allylic oxidation sites excluding steroid dienone is 1. The number of rotatable bonds is 4. The third-order valence-electron chi connectivity index (χ3n) is 4.10. The van der Waals surface area contributed by atoms with Gasteiger partial charge in [0.25, 0.3) is 0 Å². The highest BCUT2D eigenvalue weighted by Gasteiger charge is 2.02. The third kappa shape index (κ3) is 4.72. The number of carbonyl (C=O) groups is 1. The molecular weight excluding hydrogens is 336 g/mol. The van der Waals surface area contributed by atoms with Crippen molar-refractivity contribution in [1.82, 2.24) is 0 Å². The fourth-order valence-electron chi connectivity index (χ4n) is 2.65. The molecule has 0 amide bonds. The Morgan fingerprint density at radius 3 is 2.30 bits per heavy atom. The van der Waals surface area contributed by atoms with E-state index in [1.807, 2.05) is 54.6 Å². The quantitative estimate of drug-likeness (QED) is 0.673. The average Bonchev–Trinajstić information content (AvgIpc) is 2.72. The van der Waals surface area contributed by atoms with Crippen molar-refractivity contribution in [2.24, 2.45) is 0 Å². The van der Waals surface area contributed by atoms with Crippen molar-refractivity contribution in [3.05, 3.63) is 101 Å². The van der Waals surface area contributed by atoms with Gasteiger partial charge < -0.3 is 10.2 Å². The van der Waals surface area contributed by atoms with Gasteiger partial charge in [0.1, 0.15) is 0 Å².